The zero-order valence-corrected chi connectivity index (χ0v) is 12.7. The van der Waals surface area contributed by atoms with Crippen LogP contribution in [0, 0.1) is 32.4 Å². The van der Waals surface area contributed by atoms with Gasteiger partial charge in [0.15, 0.2) is 6.61 Å². The number of hydrogen-bond acceptors (Lipinski definition) is 2. The Morgan fingerprint density at radius 3 is 2.55 bits per heavy atom. The number of carbonyl (C=O) groups excluding carboxylic acids is 1. The van der Waals surface area contributed by atoms with Gasteiger partial charge in [0.25, 0.3) is 5.91 Å². The van der Waals surface area contributed by atoms with Crippen LogP contribution in [0.5, 0.6) is 5.75 Å². The first kappa shape index (κ1) is 15.9. The summed E-state index contributed by atoms with van der Waals surface area (Å²) in [5.41, 5.74) is 2.97. The van der Waals surface area contributed by atoms with E-state index in [1.165, 1.54) is 6.07 Å². The third kappa shape index (κ3) is 3.81. The molecule has 0 spiro atoms. The number of nitrogens with one attached hydrogen (secondary N) is 1. The van der Waals surface area contributed by atoms with E-state index in [4.69, 9.17) is 4.74 Å². The van der Waals surface area contributed by atoms with Gasteiger partial charge in [-0.05, 0) is 55.7 Å². The Bertz CT molecular complexity index is 714. The summed E-state index contributed by atoms with van der Waals surface area (Å²) in [4.78, 5) is 11.8. The maximum absolute atomic E-state index is 13.4. The predicted molar refractivity (Wildman–Crippen MR) is 81.1 cm³/mol. The summed E-state index contributed by atoms with van der Waals surface area (Å²) in [6, 6.07) is 6.83. The molecule has 0 aliphatic heterocycles. The molecule has 0 aliphatic rings. The standard InChI is InChI=1S/C17H17F2NO2/c1-10-6-11(2)12(3)16(7-10)22-9-17(21)20-15-5-4-13(18)8-14(15)19/h4-8H,9H2,1-3H3,(H,20,21). The Kier molecular flexibility index (Phi) is 4.75. The second-order valence-electron chi connectivity index (χ2n) is 5.17. The number of aryl methyl sites for hydroxylation is 2. The zero-order valence-electron chi connectivity index (χ0n) is 12.7. The summed E-state index contributed by atoms with van der Waals surface area (Å²) in [6.07, 6.45) is 0. The van der Waals surface area contributed by atoms with E-state index in [0.29, 0.717) is 11.8 Å². The van der Waals surface area contributed by atoms with Gasteiger partial charge in [-0.3, -0.25) is 4.79 Å². The molecular weight excluding hydrogens is 288 g/mol. The van der Waals surface area contributed by atoms with Crippen molar-refractivity contribution in [3.05, 3.63) is 58.7 Å². The van der Waals surface area contributed by atoms with E-state index in [1.807, 2.05) is 32.9 Å². The van der Waals surface area contributed by atoms with Crippen LogP contribution >= 0.6 is 0 Å². The number of halogens is 2. The number of hydrogen-bond donors (Lipinski definition) is 1. The van der Waals surface area contributed by atoms with Crippen LogP contribution in [0.15, 0.2) is 30.3 Å². The van der Waals surface area contributed by atoms with E-state index >= 15 is 0 Å². The summed E-state index contributed by atoms with van der Waals surface area (Å²) in [7, 11) is 0. The Morgan fingerprint density at radius 1 is 1.14 bits per heavy atom. The summed E-state index contributed by atoms with van der Waals surface area (Å²) in [6.45, 7) is 5.55. The van der Waals surface area contributed by atoms with Gasteiger partial charge in [0.2, 0.25) is 0 Å². The first-order valence-electron chi connectivity index (χ1n) is 6.82. The fraction of sp³-hybridized carbons (Fsp3) is 0.235. The highest BCUT2D eigenvalue weighted by atomic mass is 19.1. The van der Waals surface area contributed by atoms with Crippen LogP contribution in [0.2, 0.25) is 0 Å². The summed E-state index contributed by atoms with van der Waals surface area (Å²) in [5.74, 6) is -1.41. The van der Waals surface area contributed by atoms with Crippen LogP contribution in [0.25, 0.3) is 0 Å². The summed E-state index contributed by atoms with van der Waals surface area (Å²) in [5, 5.41) is 2.35. The van der Waals surface area contributed by atoms with E-state index in [-0.39, 0.29) is 12.3 Å². The van der Waals surface area contributed by atoms with Crippen molar-refractivity contribution >= 4 is 11.6 Å². The number of amides is 1. The van der Waals surface area contributed by atoms with Gasteiger partial charge < -0.3 is 10.1 Å². The Morgan fingerprint density at radius 2 is 1.86 bits per heavy atom. The molecule has 0 aliphatic carbocycles. The van der Waals surface area contributed by atoms with Gasteiger partial charge in [-0.15, -0.1) is 0 Å². The highest BCUT2D eigenvalue weighted by Crippen LogP contribution is 2.23. The number of ether oxygens (including phenoxy) is 1. The first-order valence-corrected chi connectivity index (χ1v) is 6.82. The monoisotopic (exact) mass is 305 g/mol. The van der Waals surface area contributed by atoms with Gasteiger partial charge in [-0.25, -0.2) is 8.78 Å². The normalized spacial score (nSPS) is 10.4. The number of carbonyl (C=O) groups is 1. The molecule has 0 fully saturated rings. The van der Waals surface area contributed by atoms with Gasteiger partial charge in [0.05, 0.1) is 5.69 Å². The lowest BCUT2D eigenvalue weighted by atomic mass is 10.1. The van der Waals surface area contributed by atoms with Crippen molar-refractivity contribution in [1.29, 1.82) is 0 Å². The minimum atomic E-state index is -0.823. The van der Waals surface area contributed by atoms with Crippen LogP contribution < -0.4 is 10.1 Å². The molecule has 1 N–H and O–H groups in total. The third-order valence-electron chi connectivity index (χ3n) is 3.33. The molecule has 0 saturated carbocycles. The second-order valence-corrected chi connectivity index (χ2v) is 5.17. The lowest BCUT2D eigenvalue weighted by molar-refractivity contribution is -0.118. The lowest BCUT2D eigenvalue weighted by Gasteiger charge is -2.12. The van der Waals surface area contributed by atoms with E-state index < -0.39 is 17.5 Å². The molecule has 2 aromatic rings. The molecule has 0 aromatic heterocycles. The van der Waals surface area contributed by atoms with Gasteiger partial charge in [-0.2, -0.15) is 0 Å². The van der Waals surface area contributed by atoms with Crippen molar-refractivity contribution < 1.29 is 18.3 Å². The average molecular weight is 305 g/mol. The smallest absolute Gasteiger partial charge is 0.262 e. The molecule has 0 saturated heterocycles. The Hall–Kier alpha value is -2.43. The van der Waals surface area contributed by atoms with Gasteiger partial charge in [0.1, 0.15) is 17.4 Å². The average Bonchev–Trinajstić information content (AvgIpc) is 2.44. The fourth-order valence-corrected chi connectivity index (χ4v) is 2.07. The molecule has 0 atom stereocenters. The number of benzene rings is 2. The molecular formula is C17H17F2NO2. The molecule has 116 valence electrons. The van der Waals surface area contributed by atoms with Gasteiger partial charge in [0, 0.05) is 6.07 Å². The van der Waals surface area contributed by atoms with E-state index in [9.17, 15) is 13.6 Å². The summed E-state index contributed by atoms with van der Waals surface area (Å²) < 4.78 is 31.7. The van der Waals surface area contributed by atoms with Crippen molar-refractivity contribution in [1.82, 2.24) is 0 Å². The fourth-order valence-electron chi connectivity index (χ4n) is 2.07. The highest BCUT2D eigenvalue weighted by Gasteiger charge is 2.10. The minimum absolute atomic E-state index is 0.0767. The molecule has 3 nitrogen and oxygen atoms in total. The topological polar surface area (TPSA) is 38.3 Å². The maximum Gasteiger partial charge on any atom is 0.262 e. The third-order valence-corrected chi connectivity index (χ3v) is 3.33. The summed E-state index contributed by atoms with van der Waals surface area (Å²) >= 11 is 0. The minimum Gasteiger partial charge on any atom is -0.483 e. The van der Waals surface area contributed by atoms with Crippen LogP contribution in [-0.2, 0) is 4.79 Å². The van der Waals surface area contributed by atoms with Gasteiger partial charge in [-0.1, -0.05) is 6.07 Å². The molecule has 0 radical (unpaired) electrons. The van der Waals surface area contributed by atoms with Crippen molar-refractivity contribution in [2.45, 2.75) is 20.8 Å². The lowest BCUT2D eigenvalue weighted by Crippen LogP contribution is -2.21. The van der Waals surface area contributed by atoms with Crippen molar-refractivity contribution in [3.8, 4) is 5.75 Å². The second kappa shape index (κ2) is 6.56. The molecule has 22 heavy (non-hydrogen) atoms. The molecule has 0 unspecified atom stereocenters. The molecule has 1 amide bonds. The molecule has 0 bridgehead atoms. The van der Waals surface area contributed by atoms with Crippen LogP contribution in [0.4, 0.5) is 14.5 Å². The van der Waals surface area contributed by atoms with Crippen LogP contribution in [0.1, 0.15) is 16.7 Å². The Labute approximate surface area is 127 Å². The molecule has 2 aromatic carbocycles. The van der Waals surface area contributed by atoms with Gasteiger partial charge >= 0.3 is 0 Å². The first-order chi connectivity index (χ1) is 10.4. The SMILES string of the molecule is Cc1cc(C)c(C)c(OCC(=O)Nc2ccc(F)cc2F)c1. The van der Waals surface area contributed by atoms with E-state index in [1.54, 1.807) is 0 Å². The Balaban J connectivity index is 2.01. The quantitative estimate of drug-likeness (QED) is 0.930. The molecule has 2 rings (SSSR count). The van der Waals surface area contributed by atoms with Crippen LogP contribution in [0.3, 0.4) is 0 Å². The molecule has 5 heteroatoms. The highest BCUT2D eigenvalue weighted by molar-refractivity contribution is 5.92. The predicted octanol–water partition coefficient (Wildman–Crippen LogP) is 3.91. The van der Waals surface area contributed by atoms with E-state index in [0.717, 1.165) is 22.8 Å². The molecule has 0 heterocycles. The largest absolute Gasteiger partial charge is 0.483 e. The zero-order chi connectivity index (χ0) is 16.3. The van der Waals surface area contributed by atoms with Crippen molar-refractivity contribution in [3.63, 3.8) is 0 Å². The van der Waals surface area contributed by atoms with E-state index in [2.05, 4.69) is 5.32 Å². The van der Waals surface area contributed by atoms with Crippen LogP contribution in [-0.4, -0.2) is 12.5 Å². The maximum atomic E-state index is 13.4. The van der Waals surface area contributed by atoms with Crippen molar-refractivity contribution in [2.24, 2.45) is 0 Å². The number of rotatable bonds is 4. The van der Waals surface area contributed by atoms with Crippen molar-refractivity contribution in [2.75, 3.05) is 11.9 Å². The number of anilines is 1.